The number of carboxylic acids is 1. The number of aliphatic carboxylic acids is 1. The Balaban J connectivity index is 5.18. The lowest BCUT2D eigenvalue weighted by molar-refractivity contribution is -0.145. The first kappa shape index (κ1) is 26.1. The third-order valence-corrected chi connectivity index (χ3v) is 4.11. The SMILES string of the molecule is CC(O)C(N)C(=O)NC(C(=O)NC(CS)C(=O)NC(C(=O)O)C(C)O)C(C)O. The summed E-state index contributed by atoms with van der Waals surface area (Å²) in [7, 11) is 0. The van der Waals surface area contributed by atoms with Crippen LogP contribution in [-0.2, 0) is 19.2 Å². The Kier molecular flexibility index (Phi) is 11.0. The first-order valence-electron chi connectivity index (χ1n) is 8.38. The summed E-state index contributed by atoms with van der Waals surface area (Å²) in [5, 5.41) is 43.9. The molecule has 0 spiro atoms. The van der Waals surface area contributed by atoms with Crippen molar-refractivity contribution in [1.29, 1.82) is 0 Å². The molecule has 162 valence electrons. The first-order valence-corrected chi connectivity index (χ1v) is 9.01. The fourth-order valence-electron chi connectivity index (χ4n) is 1.97. The monoisotopic (exact) mass is 424 g/mol. The number of carbonyl (C=O) groups excluding carboxylic acids is 3. The van der Waals surface area contributed by atoms with E-state index in [1.54, 1.807) is 0 Å². The maximum Gasteiger partial charge on any atom is 0.328 e. The van der Waals surface area contributed by atoms with Gasteiger partial charge in [-0.15, -0.1) is 0 Å². The molecular weight excluding hydrogens is 396 g/mol. The Hall–Kier alpha value is -1.93. The van der Waals surface area contributed by atoms with E-state index in [2.05, 4.69) is 28.6 Å². The van der Waals surface area contributed by atoms with Crippen molar-refractivity contribution >= 4 is 36.3 Å². The molecule has 0 aromatic carbocycles. The van der Waals surface area contributed by atoms with Gasteiger partial charge in [0.05, 0.1) is 18.3 Å². The van der Waals surface area contributed by atoms with Gasteiger partial charge in [0.15, 0.2) is 6.04 Å². The standard InChI is InChI=1S/C15H28N4O8S/c1-5(20)9(16)13(24)18-10(6(2)21)14(25)17-8(4-28)12(23)19-11(7(3)22)15(26)27/h5-11,20-22,28H,4,16H2,1-3H3,(H,17,25)(H,18,24)(H,19,23)(H,26,27). The lowest BCUT2D eigenvalue weighted by Crippen LogP contribution is -2.61. The van der Waals surface area contributed by atoms with Crippen LogP contribution in [0.1, 0.15) is 20.8 Å². The summed E-state index contributed by atoms with van der Waals surface area (Å²) < 4.78 is 0. The molecule has 7 unspecified atom stereocenters. The minimum atomic E-state index is -1.61. The van der Waals surface area contributed by atoms with Gasteiger partial charge in [-0.2, -0.15) is 12.6 Å². The molecule has 0 aliphatic rings. The smallest absolute Gasteiger partial charge is 0.328 e. The Morgan fingerprint density at radius 1 is 0.821 bits per heavy atom. The molecule has 3 amide bonds. The number of aliphatic hydroxyl groups excluding tert-OH is 3. The van der Waals surface area contributed by atoms with Crippen LogP contribution in [0.15, 0.2) is 0 Å². The second-order valence-corrected chi connectivity index (χ2v) is 6.67. The molecule has 9 N–H and O–H groups in total. The van der Waals surface area contributed by atoms with Gasteiger partial charge in [-0.25, -0.2) is 4.79 Å². The third-order valence-electron chi connectivity index (χ3n) is 3.75. The minimum absolute atomic E-state index is 0.239. The summed E-state index contributed by atoms with van der Waals surface area (Å²) in [5.41, 5.74) is 5.46. The van der Waals surface area contributed by atoms with Gasteiger partial charge < -0.3 is 42.1 Å². The van der Waals surface area contributed by atoms with Gasteiger partial charge in [-0.1, -0.05) is 0 Å². The van der Waals surface area contributed by atoms with E-state index in [9.17, 15) is 34.5 Å². The second-order valence-electron chi connectivity index (χ2n) is 6.30. The van der Waals surface area contributed by atoms with Crippen LogP contribution in [0.4, 0.5) is 0 Å². The van der Waals surface area contributed by atoms with Crippen molar-refractivity contribution in [3.8, 4) is 0 Å². The number of nitrogens with two attached hydrogens (primary N) is 1. The quantitative estimate of drug-likeness (QED) is 0.147. The van der Waals surface area contributed by atoms with E-state index < -0.39 is 66.2 Å². The molecule has 28 heavy (non-hydrogen) atoms. The molecule has 12 nitrogen and oxygen atoms in total. The van der Waals surface area contributed by atoms with Crippen molar-refractivity contribution in [2.45, 2.75) is 63.3 Å². The number of carbonyl (C=O) groups is 4. The van der Waals surface area contributed by atoms with Crippen molar-refractivity contribution < 1.29 is 39.6 Å². The van der Waals surface area contributed by atoms with Crippen molar-refractivity contribution in [3.05, 3.63) is 0 Å². The highest BCUT2D eigenvalue weighted by Gasteiger charge is 2.33. The summed E-state index contributed by atoms with van der Waals surface area (Å²) in [5.74, 6) is -4.51. The Morgan fingerprint density at radius 3 is 1.64 bits per heavy atom. The number of thiol groups is 1. The van der Waals surface area contributed by atoms with Crippen LogP contribution >= 0.6 is 12.6 Å². The van der Waals surface area contributed by atoms with E-state index in [-0.39, 0.29) is 5.75 Å². The first-order chi connectivity index (χ1) is 12.8. The van der Waals surface area contributed by atoms with Crippen molar-refractivity contribution in [2.24, 2.45) is 5.73 Å². The van der Waals surface area contributed by atoms with Gasteiger partial charge in [-0.3, -0.25) is 14.4 Å². The number of nitrogens with one attached hydrogen (secondary N) is 3. The second kappa shape index (κ2) is 11.8. The number of hydrogen-bond acceptors (Lipinski definition) is 9. The van der Waals surface area contributed by atoms with Crippen LogP contribution in [0.2, 0.25) is 0 Å². The lowest BCUT2D eigenvalue weighted by Gasteiger charge is -2.26. The Labute approximate surface area is 167 Å². The molecule has 0 heterocycles. The van der Waals surface area contributed by atoms with E-state index in [1.807, 2.05) is 0 Å². The lowest BCUT2D eigenvalue weighted by atomic mass is 10.1. The van der Waals surface area contributed by atoms with Crippen molar-refractivity contribution in [1.82, 2.24) is 16.0 Å². The average molecular weight is 424 g/mol. The predicted molar refractivity (Wildman–Crippen MR) is 100 cm³/mol. The summed E-state index contributed by atoms with van der Waals surface area (Å²) in [4.78, 5) is 47.5. The molecule has 13 heteroatoms. The van der Waals surface area contributed by atoms with Crippen molar-refractivity contribution in [2.75, 3.05) is 5.75 Å². The number of aliphatic hydroxyl groups is 3. The average Bonchev–Trinajstić information content (AvgIpc) is 2.59. The van der Waals surface area contributed by atoms with Gasteiger partial charge in [0.2, 0.25) is 17.7 Å². The molecule has 0 aliphatic heterocycles. The molecule has 0 rings (SSSR count). The minimum Gasteiger partial charge on any atom is -0.480 e. The third kappa shape index (κ3) is 7.98. The van der Waals surface area contributed by atoms with Crippen LogP contribution in [0.3, 0.4) is 0 Å². The molecule has 0 saturated heterocycles. The van der Waals surface area contributed by atoms with Gasteiger partial charge in [-0.05, 0) is 20.8 Å². The molecule has 0 aromatic heterocycles. The molecule has 0 saturated carbocycles. The van der Waals surface area contributed by atoms with Gasteiger partial charge in [0.1, 0.15) is 18.1 Å². The molecule has 0 fully saturated rings. The summed E-state index contributed by atoms with van der Waals surface area (Å²) in [6.45, 7) is 3.64. The fourth-order valence-corrected chi connectivity index (χ4v) is 2.23. The highest BCUT2D eigenvalue weighted by Crippen LogP contribution is 2.01. The summed E-state index contributed by atoms with van der Waals surface area (Å²) in [6, 6.07) is -5.77. The molecule has 0 aromatic rings. The molecule has 0 bridgehead atoms. The van der Waals surface area contributed by atoms with Gasteiger partial charge in [0.25, 0.3) is 0 Å². The van der Waals surface area contributed by atoms with E-state index in [0.29, 0.717) is 0 Å². The van der Waals surface area contributed by atoms with Crippen LogP contribution in [0.25, 0.3) is 0 Å². The maximum atomic E-state index is 12.4. The molecular formula is C15H28N4O8S. The molecule has 0 aliphatic carbocycles. The van der Waals surface area contributed by atoms with Crippen LogP contribution in [0, 0.1) is 0 Å². The maximum absolute atomic E-state index is 12.4. The topological polar surface area (TPSA) is 211 Å². The fraction of sp³-hybridized carbons (Fsp3) is 0.733. The van der Waals surface area contributed by atoms with E-state index in [4.69, 9.17) is 10.8 Å². The van der Waals surface area contributed by atoms with Crippen LogP contribution in [-0.4, -0.2) is 92.3 Å². The normalized spacial score (nSPS) is 18.6. The highest BCUT2D eigenvalue weighted by atomic mass is 32.1. The van der Waals surface area contributed by atoms with E-state index in [0.717, 1.165) is 6.92 Å². The Morgan fingerprint density at radius 2 is 1.29 bits per heavy atom. The highest BCUT2D eigenvalue weighted by molar-refractivity contribution is 7.80. The largest absolute Gasteiger partial charge is 0.480 e. The number of hydrogen-bond donors (Lipinski definition) is 9. The van der Waals surface area contributed by atoms with Crippen LogP contribution < -0.4 is 21.7 Å². The van der Waals surface area contributed by atoms with E-state index in [1.165, 1.54) is 13.8 Å². The molecule has 7 atom stereocenters. The van der Waals surface area contributed by atoms with Crippen LogP contribution in [0.5, 0.6) is 0 Å². The zero-order chi connectivity index (χ0) is 22.2. The predicted octanol–water partition coefficient (Wildman–Crippen LogP) is -4.08. The number of rotatable bonds is 11. The number of carboxylic acid groups (broad SMARTS) is 1. The molecule has 0 radical (unpaired) electrons. The van der Waals surface area contributed by atoms with Gasteiger partial charge in [0, 0.05) is 5.75 Å². The zero-order valence-electron chi connectivity index (χ0n) is 15.7. The zero-order valence-corrected chi connectivity index (χ0v) is 16.6. The summed E-state index contributed by atoms with van der Waals surface area (Å²) >= 11 is 3.92. The van der Waals surface area contributed by atoms with E-state index >= 15 is 0 Å². The number of amides is 3. The van der Waals surface area contributed by atoms with Gasteiger partial charge >= 0.3 is 5.97 Å². The Bertz CT molecular complexity index is 572. The summed E-state index contributed by atoms with van der Waals surface area (Å²) in [6.07, 6.45) is -3.98. The van der Waals surface area contributed by atoms with Crippen molar-refractivity contribution in [3.63, 3.8) is 0 Å².